The van der Waals surface area contributed by atoms with Gasteiger partial charge < -0.3 is 10.5 Å². The molecule has 1 unspecified atom stereocenters. The molecule has 2 nitrogen and oxygen atoms in total. The average molecular weight is 225 g/mol. The first-order chi connectivity index (χ1) is 7.69. The van der Waals surface area contributed by atoms with Crippen LogP contribution in [0.25, 0.3) is 0 Å². The van der Waals surface area contributed by atoms with E-state index in [1.807, 2.05) is 6.07 Å². The predicted octanol–water partition coefficient (Wildman–Crippen LogP) is 2.89. The molecular weight excluding hydrogens is 205 g/mol. The summed E-state index contributed by atoms with van der Waals surface area (Å²) in [6.07, 6.45) is 3.55. The molecule has 0 saturated heterocycles. The van der Waals surface area contributed by atoms with Crippen LogP contribution in [0.3, 0.4) is 0 Å². The third kappa shape index (κ3) is 3.49. The molecule has 0 spiro atoms. The minimum absolute atomic E-state index is 0.163. The van der Waals surface area contributed by atoms with Gasteiger partial charge in [0, 0.05) is 6.04 Å². The Morgan fingerprint density at radius 1 is 1.38 bits per heavy atom. The molecule has 1 aromatic rings. The highest BCUT2D eigenvalue weighted by atomic mass is 19.1. The molecule has 0 aliphatic heterocycles. The van der Waals surface area contributed by atoms with E-state index in [0.29, 0.717) is 17.7 Å². The SMILES string of the molecule is CCCC(N)CCc1cccc(OC)c1F. The van der Waals surface area contributed by atoms with Crippen molar-refractivity contribution in [2.24, 2.45) is 5.73 Å². The van der Waals surface area contributed by atoms with Crippen LogP contribution < -0.4 is 10.5 Å². The summed E-state index contributed by atoms with van der Waals surface area (Å²) in [5.74, 6) is 0.0512. The van der Waals surface area contributed by atoms with Crippen molar-refractivity contribution in [2.45, 2.75) is 38.6 Å². The van der Waals surface area contributed by atoms with Crippen molar-refractivity contribution < 1.29 is 9.13 Å². The Morgan fingerprint density at radius 3 is 2.75 bits per heavy atom. The van der Waals surface area contributed by atoms with Gasteiger partial charge >= 0.3 is 0 Å². The van der Waals surface area contributed by atoms with Crippen LogP contribution in [0.2, 0.25) is 0 Å². The molecule has 1 rings (SSSR count). The molecule has 90 valence electrons. The fourth-order valence-electron chi connectivity index (χ4n) is 1.76. The zero-order chi connectivity index (χ0) is 12.0. The van der Waals surface area contributed by atoms with Crippen LogP contribution in [-0.4, -0.2) is 13.2 Å². The standard InChI is InChI=1S/C13H20FNO/c1-3-5-11(15)9-8-10-6-4-7-12(16-2)13(10)14/h4,6-7,11H,3,5,8-9,15H2,1-2H3. The van der Waals surface area contributed by atoms with E-state index in [-0.39, 0.29) is 11.9 Å². The lowest BCUT2D eigenvalue weighted by Gasteiger charge is -2.11. The number of methoxy groups -OCH3 is 1. The summed E-state index contributed by atoms with van der Waals surface area (Å²) in [5, 5.41) is 0. The number of hydrogen-bond donors (Lipinski definition) is 1. The first kappa shape index (κ1) is 13.0. The Bertz CT molecular complexity index is 328. The van der Waals surface area contributed by atoms with E-state index in [4.69, 9.17) is 10.5 Å². The lowest BCUT2D eigenvalue weighted by Crippen LogP contribution is -2.20. The van der Waals surface area contributed by atoms with Gasteiger partial charge in [0.05, 0.1) is 7.11 Å². The van der Waals surface area contributed by atoms with Gasteiger partial charge in [0.1, 0.15) is 0 Å². The predicted molar refractivity (Wildman–Crippen MR) is 64.2 cm³/mol. The lowest BCUT2D eigenvalue weighted by atomic mass is 10.0. The Labute approximate surface area is 96.6 Å². The Balaban J connectivity index is 2.60. The highest BCUT2D eigenvalue weighted by molar-refractivity contribution is 5.31. The van der Waals surface area contributed by atoms with Gasteiger partial charge in [-0.2, -0.15) is 0 Å². The second-order valence-corrected chi connectivity index (χ2v) is 4.02. The first-order valence-corrected chi connectivity index (χ1v) is 5.76. The van der Waals surface area contributed by atoms with Crippen LogP contribution in [0.1, 0.15) is 31.7 Å². The topological polar surface area (TPSA) is 35.2 Å². The molecule has 0 fully saturated rings. The molecule has 16 heavy (non-hydrogen) atoms. The molecule has 1 atom stereocenters. The fourth-order valence-corrected chi connectivity index (χ4v) is 1.76. The molecule has 2 N–H and O–H groups in total. The molecule has 0 aliphatic carbocycles. The highest BCUT2D eigenvalue weighted by Crippen LogP contribution is 2.21. The average Bonchev–Trinajstić information content (AvgIpc) is 2.28. The Kier molecular flexibility index (Phi) is 5.26. The third-order valence-corrected chi connectivity index (χ3v) is 2.71. The summed E-state index contributed by atoms with van der Waals surface area (Å²) >= 11 is 0. The lowest BCUT2D eigenvalue weighted by molar-refractivity contribution is 0.383. The van der Waals surface area contributed by atoms with Gasteiger partial charge in [0.25, 0.3) is 0 Å². The monoisotopic (exact) mass is 225 g/mol. The maximum absolute atomic E-state index is 13.7. The quantitative estimate of drug-likeness (QED) is 0.808. The smallest absolute Gasteiger partial charge is 0.168 e. The Hall–Kier alpha value is -1.09. The van der Waals surface area contributed by atoms with Gasteiger partial charge in [-0.3, -0.25) is 0 Å². The van der Waals surface area contributed by atoms with Crippen LogP contribution in [-0.2, 0) is 6.42 Å². The number of halogens is 1. The third-order valence-electron chi connectivity index (χ3n) is 2.71. The molecule has 0 radical (unpaired) electrons. The minimum atomic E-state index is -0.256. The number of aryl methyl sites for hydroxylation is 1. The van der Waals surface area contributed by atoms with Gasteiger partial charge in [0.15, 0.2) is 11.6 Å². The first-order valence-electron chi connectivity index (χ1n) is 5.76. The van der Waals surface area contributed by atoms with Gasteiger partial charge in [-0.1, -0.05) is 25.5 Å². The number of benzene rings is 1. The summed E-state index contributed by atoms with van der Waals surface area (Å²) in [7, 11) is 1.48. The van der Waals surface area contributed by atoms with E-state index < -0.39 is 0 Å². The zero-order valence-corrected chi connectivity index (χ0v) is 10.0. The van der Waals surface area contributed by atoms with Crippen LogP contribution in [0.15, 0.2) is 18.2 Å². The summed E-state index contributed by atoms with van der Waals surface area (Å²) in [6.45, 7) is 2.10. The zero-order valence-electron chi connectivity index (χ0n) is 10.0. The van der Waals surface area contributed by atoms with E-state index >= 15 is 0 Å². The van der Waals surface area contributed by atoms with Crippen molar-refractivity contribution in [3.05, 3.63) is 29.6 Å². The van der Waals surface area contributed by atoms with E-state index in [0.717, 1.165) is 19.3 Å². The molecular formula is C13H20FNO. The van der Waals surface area contributed by atoms with E-state index in [2.05, 4.69) is 6.92 Å². The molecule has 1 aromatic carbocycles. The van der Waals surface area contributed by atoms with Crippen LogP contribution in [0.4, 0.5) is 4.39 Å². The molecule has 0 heterocycles. The minimum Gasteiger partial charge on any atom is -0.494 e. The van der Waals surface area contributed by atoms with E-state index in [1.54, 1.807) is 12.1 Å². The van der Waals surface area contributed by atoms with E-state index in [9.17, 15) is 4.39 Å². The maximum Gasteiger partial charge on any atom is 0.168 e. The second-order valence-electron chi connectivity index (χ2n) is 4.02. The molecule has 0 aromatic heterocycles. The van der Waals surface area contributed by atoms with Crippen molar-refractivity contribution in [2.75, 3.05) is 7.11 Å². The summed E-state index contributed by atoms with van der Waals surface area (Å²) in [6, 6.07) is 5.39. The van der Waals surface area contributed by atoms with Crippen LogP contribution in [0, 0.1) is 5.82 Å². The van der Waals surface area contributed by atoms with Crippen molar-refractivity contribution in [1.29, 1.82) is 0 Å². The highest BCUT2D eigenvalue weighted by Gasteiger charge is 2.09. The largest absolute Gasteiger partial charge is 0.494 e. The molecule has 3 heteroatoms. The van der Waals surface area contributed by atoms with Gasteiger partial charge in [-0.15, -0.1) is 0 Å². The summed E-state index contributed by atoms with van der Waals surface area (Å²) < 4.78 is 18.7. The second kappa shape index (κ2) is 6.48. The number of hydrogen-bond acceptors (Lipinski definition) is 2. The van der Waals surface area contributed by atoms with Gasteiger partial charge in [-0.25, -0.2) is 4.39 Å². The summed E-state index contributed by atoms with van der Waals surface area (Å²) in [5.41, 5.74) is 6.59. The van der Waals surface area contributed by atoms with Crippen LogP contribution in [0.5, 0.6) is 5.75 Å². The number of nitrogens with two attached hydrogens (primary N) is 1. The molecule has 0 aliphatic rings. The van der Waals surface area contributed by atoms with Crippen molar-refractivity contribution in [3.8, 4) is 5.75 Å². The molecule has 0 saturated carbocycles. The molecule has 0 bridgehead atoms. The van der Waals surface area contributed by atoms with Crippen LogP contribution >= 0.6 is 0 Å². The summed E-state index contributed by atoms with van der Waals surface area (Å²) in [4.78, 5) is 0. The Morgan fingerprint density at radius 2 is 2.12 bits per heavy atom. The molecule has 0 amide bonds. The van der Waals surface area contributed by atoms with Gasteiger partial charge in [0.2, 0.25) is 0 Å². The van der Waals surface area contributed by atoms with E-state index in [1.165, 1.54) is 7.11 Å². The number of rotatable bonds is 6. The van der Waals surface area contributed by atoms with Crippen molar-refractivity contribution in [1.82, 2.24) is 0 Å². The normalized spacial score (nSPS) is 12.5. The van der Waals surface area contributed by atoms with Gasteiger partial charge in [-0.05, 0) is 30.9 Å². The number of ether oxygens (including phenoxy) is 1. The van der Waals surface area contributed by atoms with Crippen molar-refractivity contribution in [3.63, 3.8) is 0 Å². The fraction of sp³-hybridized carbons (Fsp3) is 0.538. The van der Waals surface area contributed by atoms with Crippen molar-refractivity contribution >= 4 is 0 Å². The maximum atomic E-state index is 13.7.